The lowest BCUT2D eigenvalue weighted by Gasteiger charge is -2.38. The lowest BCUT2D eigenvalue weighted by molar-refractivity contribution is -0.948. The lowest BCUT2D eigenvalue weighted by Crippen LogP contribution is -3.13. The van der Waals surface area contributed by atoms with Gasteiger partial charge < -0.3 is 25.0 Å². The first-order chi connectivity index (χ1) is 14.8. The van der Waals surface area contributed by atoms with Gasteiger partial charge in [0.2, 0.25) is 0 Å². The maximum absolute atomic E-state index is 12.5. The number of fused-ring (bicyclic) bond motifs is 1. The fraction of sp³-hybridized carbons (Fsp3) is 0.480. The third-order valence-corrected chi connectivity index (χ3v) is 6.09. The summed E-state index contributed by atoms with van der Waals surface area (Å²) in [6.45, 7) is 10.1. The van der Waals surface area contributed by atoms with Crippen LogP contribution in [-0.2, 0) is 13.0 Å². The normalized spacial score (nSPS) is 18.8. The van der Waals surface area contributed by atoms with Crippen LogP contribution in [0.25, 0.3) is 0 Å². The standard InChI is InChI=1S/C25H35N3O3/c1-16(2)26-25(29)27-18(4)24-21-14-23(31-6)22(30-5)13-19(21)11-12-28(24)15-20-10-8-7-9-17(20)3/h7-10,13-14,16,18,24H,11-12,15H2,1-6H3,(H2,26,27,29)/p+1/t18-,24-/m1/s1. The average molecular weight is 427 g/mol. The highest BCUT2D eigenvalue weighted by atomic mass is 16.5. The number of carbonyl (C=O) groups is 1. The number of hydrogen-bond acceptors (Lipinski definition) is 3. The fourth-order valence-electron chi connectivity index (χ4n) is 4.58. The van der Waals surface area contributed by atoms with Gasteiger partial charge >= 0.3 is 6.03 Å². The summed E-state index contributed by atoms with van der Waals surface area (Å²) in [6.07, 6.45) is 0.957. The Balaban J connectivity index is 1.97. The number of hydrogen-bond donors (Lipinski definition) is 3. The first-order valence-corrected chi connectivity index (χ1v) is 11.0. The van der Waals surface area contributed by atoms with Gasteiger partial charge in [-0.05, 0) is 51.0 Å². The van der Waals surface area contributed by atoms with E-state index >= 15 is 0 Å². The minimum absolute atomic E-state index is 0.0603. The third kappa shape index (κ3) is 5.31. The number of ether oxygens (including phenoxy) is 2. The van der Waals surface area contributed by atoms with Crippen molar-refractivity contribution in [3.8, 4) is 11.5 Å². The molecule has 0 saturated carbocycles. The van der Waals surface area contributed by atoms with Crippen LogP contribution in [0.15, 0.2) is 36.4 Å². The Morgan fingerprint density at radius 2 is 1.77 bits per heavy atom. The monoisotopic (exact) mass is 426 g/mol. The number of methoxy groups -OCH3 is 2. The Hall–Kier alpha value is -2.73. The molecule has 6 heteroatoms. The van der Waals surface area contributed by atoms with E-state index in [1.54, 1.807) is 14.2 Å². The van der Waals surface area contributed by atoms with E-state index in [0.717, 1.165) is 31.0 Å². The molecule has 0 saturated heterocycles. The maximum atomic E-state index is 12.5. The fourth-order valence-corrected chi connectivity index (χ4v) is 4.58. The van der Waals surface area contributed by atoms with Gasteiger partial charge in [0.25, 0.3) is 0 Å². The van der Waals surface area contributed by atoms with Gasteiger partial charge in [0.05, 0.1) is 26.8 Å². The molecule has 0 fully saturated rings. The van der Waals surface area contributed by atoms with Gasteiger partial charge in [-0.3, -0.25) is 0 Å². The number of amides is 2. The lowest BCUT2D eigenvalue weighted by atomic mass is 9.87. The van der Waals surface area contributed by atoms with Crippen molar-refractivity contribution in [1.82, 2.24) is 10.6 Å². The van der Waals surface area contributed by atoms with E-state index in [9.17, 15) is 4.79 Å². The molecule has 3 N–H and O–H groups in total. The predicted octanol–water partition coefficient (Wildman–Crippen LogP) is 2.79. The molecule has 2 aromatic rings. The summed E-state index contributed by atoms with van der Waals surface area (Å²) in [5, 5.41) is 6.12. The number of benzene rings is 2. The summed E-state index contributed by atoms with van der Waals surface area (Å²) < 4.78 is 11.1. The number of quaternary nitrogens is 1. The smallest absolute Gasteiger partial charge is 0.315 e. The predicted molar refractivity (Wildman–Crippen MR) is 123 cm³/mol. The molecule has 2 aromatic carbocycles. The van der Waals surface area contributed by atoms with Crippen molar-refractivity contribution in [1.29, 1.82) is 0 Å². The Morgan fingerprint density at radius 1 is 1.10 bits per heavy atom. The van der Waals surface area contributed by atoms with Crippen molar-refractivity contribution in [2.24, 2.45) is 0 Å². The van der Waals surface area contributed by atoms with Crippen LogP contribution < -0.4 is 25.0 Å². The van der Waals surface area contributed by atoms with Gasteiger partial charge in [-0.15, -0.1) is 0 Å². The maximum Gasteiger partial charge on any atom is 0.315 e. The van der Waals surface area contributed by atoms with Crippen molar-refractivity contribution >= 4 is 6.03 Å². The molecule has 0 radical (unpaired) electrons. The van der Waals surface area contributed by atoms with Gasteiger partial charge in [0, 0.05) is 23.6 Å². The molecule has 0 spiro atoms. The zero-order valence-electron chi connectivity index (χ0n) is 19.5. The molecule has 3 rings (SSSR count). The largest absolute Gasteiger partial charge is 0.493 e. The molecule has 1 aliphatic heterocycles. The quantitative estimate of drug-likeness (QED) is 0.638. The first-order valence-electron chi connectivity index (χ1n) is 11.0. The van der Waals surface area contributed by atoms with Crippen LogP contribution in [-0.4, -0.2) is 38.9 Å². The van der Waals surface area contributed by atoms with Crippen molar-refractivity contribution in [3.63, 3.8) is 0 Å². The van der Waals surface area contributed by atoms with Crippen molar-refractivity contribution in [2.45, 2.75) is 58.8 Å². The second-order valence-corrected chi connectivity index (χ2v) is 8.71. The second kappa shape index (κ2) is 10.1. The highest BCUT2D eigenvalue weighted by Crippen LogP contribution is 2.35. The molecule has 0 aliphatic carbocycles. The second-order valence-electron chi connectivity index (χ2n) is 8.71. The van der Waals surface area contributed by atoms with Crippen LogP contribution >= 0.6 is 0 Å². The summed E-state index contributed by atoms with van der Waals surface area (Å²) in [6, 6.07) is 12.7. The number of aryl methyl sites for hydroxylation is 1. The number of nitrogens with one attached hydrogen (secondary N) is 3. The van der Waals surface area contributed by atoms with E-state index in [0.29, 0.717) is 0 Å². The molecular weight excluding hydrogens is 390 g/mol. The van der Waals surface area contributed by atoms with Crippen LogP contribution in [0, 0.1) is 6.92 Å². The summed E-state index contributed by atoms with van der Waals surface area (Å²) in [4.78, 5) is 13.9. The molecule has 2 amide bonds. The summed E-state index contributed by atoms with van der Waals surface area (Å²) >= 11 is 0. The molecular formula is C25H36N3O3+. The van der Waals surface area contributed by atoms with Crippen LogP contribution in [0.5, 0.6) is 11.5 Å². The van der Waals surface area contributed by atoms with Crippen molar-refractivity contribution < 1.29 is 19.2 Å². The minimum Gasteiger partial charge on any atom is -0.493 e. The van der Waals surface area contributed by atoms with E-state index < -0.39 is 0 Å². The third-order valence-electron chi connectivity index (χ3n) is 6.09. The zero-order chi connectivity index (χ0) is 22.5. The van der Waals surface area contributed by atoms with Crippen LogP contribution in [0.2, 0.25) is 0 Å². The minimum atomic E-state index is -0.134. The van der Waals surface area contributed by atoms with Crippen molar-refractivity contribution in [2.75, 3.05) is 20.8 Å². The Bertz CT molecular complexity index is 913. The van der Waals surface area contributed by atoms with Gasteiger partial charge in [0.1, 0.15) is 12.6 Å². The van der Waals surface area contributed by atoms with E-state index in [1.807, 2.05) is 13.8 Å². The highest BCUT2D eigenvalue weighted by Gasteiger charge is 2.37. The molecule has 3 atom stereocenters. The molecule has 1 unspecified atom stereocenters. The van der Waals surface area contributed by atoms with Crippen LogP contribution in [0.1, 0.15) is 49.1 Å². The molecule has 1 heterocycles. The molecule has 0 aromatic heterocycles. The first kappa shape index (κ1) is 22.9. The van der Waals surface area contributed by atoms with Gasteiger partial charge in [-0.1, -0.05) is 24.3 Å². The molecule has 6 nitrogen and oxygen atoms in total. The molecule has 31 heavy (non-hydrogen) atoms. The summed E-state index contributed by atoms with van der Waals surface area (Å²) in [5.41, 5.74) is 5.11. The van der Waals surface area contributed by atoms with E-state index in [1.165, 1.54) is 27.2 Å². The number of carbonyl (C=O) groups excluding carboxylic acids is 1. The summed E-state index contributed by atoms with van der Waals surface area (Å²) in [7, 11) is 3.33. The van der Waals surface area contributed by atoms with Crippen molar-refractivity contribution in [3.05, 3.63) is 58.7 Å². The Kier molecular flexibility index (Phi) is 7.44. The SMILES string of the molecule is COc1cc2c(cc1OC)[C@@H]([C@@H](C)NC(=O)NC(C)C)[NH+](Cc1ccccc1C)CC2. The number of rotatable bonds is 7. The van der Waals surface area contributed by atoms with Gasteiger partial charge in [-0.2, -0.15) is 0 Å². The number of urea groups is 1. The van der Waals surface area contributed by atoms with Gasteiger partial charge in [-0.25, -0.2) is 4.79 Å². The van der Waals surface area contributed by atoms with E-state index in [2.05, 4.69) is 60.9 Å². The molecule has 0 bridgehead atoms. The van der Waals surface area contributed by atoms with E-state index in [-0.39, 0.29) is 24.2 Å². The van der Waals surface area contributed by atoms with Crippen LogP contribution in [0.3, 0.4) is 0 Å². The Morgan fingerprint density at radius 3 is 2.42 bits per heavy atom. The van der Waals surface area contributed by atoms with Crippen LogP contribution in [0.4, 0.5) is 4.79 Å². The molecule has 1 aliphatic rings. The zero-order valence-corrected chi connectivity index (χ0v) is 19.5. The van der Waals surface area contributed by atoms with E-state index in [4.69, 9.17) is 9.47 Å². The topological polar surface area (TPSA) is 64.0 Å². The highest BCUT2D eigenvalue weighted by molar-refractivity contribution is 5.74. The Labute approximate surface area is 185 Å². The summed E-state index contributed by atoms with van der Waals surface area (Å²) in [5.74, 6) is 1.47. The average Bonchev–Trinajstić information content (AvgIpc) is 2.73. The molecule has 168 valence electrons. The van der Waals surface area contributed by atoms with Gasteiger partial charge in [0.15, 0.2) is 11.5 Å².